The zero-order chi connectivity index (χ0) is 23.1. The molecule has 0 aliphatic heterocycles. The van der Waals surface area contributed by atoms with Crippen molar-refractivity contribution >= 4 is 34.4 Å². The summed E-state index contributed by atoms with van der Waals surface area (Å²) in [5, 5.41) is 13.2. The smallest absolute Gasteiger partial charge is 0.256 e. The van der Waals surface area contributed by atoms with Gasteiger partial charge >= 0.3 is 0 Å². The third kappa shape index (κ3) is 3.74. The molecule has 0 saturated heterocycles. The summed E-state index contributed by atoms with van der Waals surface area (Å²) in [5.41, 5.74) is 5.05. The van der Waals surface area contributed by atoms with Crippen molar-refractivity contribution in [2.24, 2.45) is 0 Å². The van der Waals surface area contributed by atoms with E-state index in [1.165, 1.54) is 11.9 Å². The second kappa shape index (κ2) is 8.14. The number of aromatic nitrogens is 6. The molecule has 0 aliphatic carbocycles. The first-order valence-electron chi connectivity index (χ1n) is 10.3. The molecule has 164 valence electrons. The van der Waals surface area contributed by atoms with Crippen molar-refractivity contribution in [3.8, 4) is 11.5 Å². The van der Waals surface area contributed by atoms with Crippen LogP contribution in [0.15, 0.2) is 61.1 Å². The van der Waals surface area contributed by atoms with Crippen LogP contribution >= 0.6 is 11.6 Å². The molecule has 2 aromatic carbocycles. The van der Waals surface area contributed by atoms with Crippen LogP contribution in [-0.2, 0) is 0 Å². The number of amides is 1. The summed E-state index contributed by atoms with van der Waals surface area (Å²) in [6.07, 6.45) is 3.19. The van der Waals surface area contributed by atoms with E-state index in [1.807, 2.05) is 19.1 Å². The lowest BCUT2D eigenvalue weighted by Crippen LogP contribution is -2.15. The van der Waals surface area contributed by atoms with Gasteiger partial charge in [-0.05, 0) is 56.2 Å². The Balaban J connectivity index is 1.59. The maximum atomic E-state index is 12.8. The quantitative estimate of drug-likeness (QED) is 0.417. The van der Waals surface area contributed by atoms with Crippen LogP contribution in [0.1, 0.15) is 27.2 Å². The molecule has 1 N–H and O–H groups in total. The highest BCUT2D eigenvalue weighted by Crippen LogP contribution is 2.26. The lowest BCUT2D eigenvalue weighted by Gasteiger charge is -2.11. The Morgan fingerprint density at radius 1 is 1.00 bits per heavy atom. The van der Waals surface area contributed by atoms with Gasteiger partial charge in [0.15, 0.2) is 11.5 Å². The molecule has 3 aromatic heterocycles. The van der Waals surface area contributed by atoms with E-state index in [0.717, 1.165) is 16.9 Å². The van der Waals surface area contributed by atoms with E-state index in [0.29, 0.717) is 33.3 Å². The van der Waals surface area contributed by atoms with Crippen LogP contribution in [0.2, 0.25) is 5.02 Å². The first kappa shape index (κ1) is 20.8. The number of carbonyl (C=O) groups excluding carboxylic acids is 1. The Kier molecular flexibility index (Phi) is 5.14. The van der Waals surface area contributed by atoms with Crippen molar-refractivity contribution in [2.75, 3.05) is 5.32 Å². The molecule has 0 bridgehead atoms. The number of carbonyl (C=O) groups is 1. The van der Waals surface area contributed by atoms with Gasteiger partial charge in [-0.25, -0.2) is 14.6 Å². The number of hydrogen-bond acceptors (Lipinski definition) is 5. The number of nitrogens with one attached hydrogen (secondary N) is 1. The summed E-state index contributed by atoms with van der Waals surface area (Å²) >= 11 is 6.04. The van der Waals surface area contributed by atoms with E-state index in [9.17, 15) is 4.79 Å². The molecule has 0 spiro atoms. The van der Waals surface area contributed by atoms with Gasteiger partial charge in [-0.1, -0.05) is 29.8 Å². The molecule has 3 heterocycles. The molecule has 33 heavy (non-hydrogen) atoms. The number of aryl methyl sites for hydroxylation is 2. The minimum Gasteiger partial charge on any atom is -0.306 e. The van der Waals surface area contributed by atoms with Crippen LogP contribution in [0.3, 0.4) is 0 Å². The summed E-state index contributed by atoms with van der Waals surface area (Å²) < 4.78 is 3.39. The number of nitrogens with zero attached hydrogens (tertiary/aromatic N) is 6. The monoisotopic (exact) mass is 457 g/mol. The van der Waals surface area contributed by atoms with Crippen molar-refractivity contribution in [3.63, 3.8) is 0 Å². The van der Waals surface area contributed by atoms with Crippen LogP contribution in [0, 0.1) is 20.8 Å². The lowest BCUT2D eigenvalue weighted by molar-refractivity contribution is 0.102. The van der Waals surface area contributed by atoms with Crippen LogP contribution < -0.4 is 5.32 Å². The predicted octanol–water partition coefficient (Wildman–Crippen LogP) is 4.83. The van der Waals surface area contributed by atoms with E-state index < -0.39 is 0 Å². The van der Waals surface area contributed by atoms with E-state index in [-0.39, 0.29) is 5.91 Å². The van der Waals surface area contributed by atoms with E-state index in [2.05, 4.69) is 45.4 Å². The number of rotatable bonds is 4. The summed E-state index contributed by atoms with van der Waals surface area (Å²) in [7, 11) is 0. The van der Waals surface area contributed by atoms with E-state index in [1.54, 1.807) is 45.9 Å². The van der Waals surface area contributed by atoms with Crippen LogP contribution in [-0.4, -0.2) is 35.4 Å². The Labute approximate surface area is 194 Å². The van der Waals surface area contributed by atoms with Gasteiger partial charge in [0.2, 0.25) is 0 Å². The van der Waals surface area contributed by atoms with Gasteiger partial charge in [0.1, 0.15) is 12.1 Å². The van der Waals surface area contributed by atoms with Crippen LogP contribution in [0.5, 0.6) is 0 Å². The average Bonchev–Trinajstić information content (AvgIpc) is 3.39. The van der Waals surface area contributed by atoms with Gasteiger partial charge in [0, 0.05) is 16.7 Å². The molecule has 0 saturated carbocycles. The van der Waals surface area contributed by atoms with Crippen molar-refractivity contribution in [3.05, 3.63) is 88.5 Å². The summed E-state index contributed by atoms with van der Waals surface area (Å²) in [6, 6.07) is 14.6. The van der Waals surface area contributed by atoms with E-state index in [4.69, 9.17) is 11.6 Å². The normalized spacial score (nSPS) is 11.2. The molecular weight excluding hydrogens is 438 g/mol. The van der Waals surface area contributed by atoms with Crippen molar-refractivity contribution in [2.45, 2.75) is 20.8 Å². The maximum absolute atomic E-state index is 12.8. The number of benzene rings is 2. The number of hydrogen-bond donors (Lipinski definition) is 1. The van der Waals surface area contributed by atoms with Crippen LogP contribution in [0.4, 0.5) is 5.82 Å². The summed E-state index contributed by atoms with van der Waals surface area (Å²) in [4.78, 5) is 21.8. The van der Waals surface area contributed by atoms with Crippen molar-refractivity contribution < 1.29 is 4.79 Å². The Hall–Kier alpha value is -4.04. The Bertz CT molecular complexity index is 1520. The molecule has 0 radical (unpaired) electrons. The zero-order valence-corrected chi connectivity index (χ0v) is 19.0. The standard InChI is InChI=1S/C24H20ClN7O/c1-14-6-4-9-20(16(14)3)31-22-19(12-28-31)23(27-13-26-22)32-21(10-15(2)30-32)29-24(33)17-7-5-8-18(25)11-17/h4-13H,1-3H3,(H,29,33). The van der Waals surface area contributed by atoms with Gasteiger partial charge in [0.25, 0.3) is 5.91 Å². The van der Waals surface area contributed by atoms with Crippen molar-refractivity contribution in [1.82, 2.24) is 29.5 Å². The first-order chi connectivity index (χ1) is 15.9. The lowest BCUT2D eigenvalue weighted by atomic mass is 10.1. The average molecular weight is 458 g/mol. The molecular formula is C24H20ClN7O. The second-order valence-corrected chi connectivity index (χ2v) is 8.19. The maximum Gasteiger partial charge on any atom is 0.256 e. The number of halogens is 1. The zero-order valence-electron chi connectivity index (χ0n) is 18.2. The molecule has 0 aliphatic rings. The molecule has 9 heteroatoms. The second-order valence-electron chi connectivity index (χ2n) is 7.76. The third-order valence-electron chi connectivity index (χ3n) is 5.51. The minimum absolute atomic E-state index is 0.296. The largest absolute Gasteiger partial charge is 0.306 e. The van der Waals surface area contributed by atoms with Gasteiger partial charge in [-0.3, -0.25) is 4.79 Å². The van der Waals surface area contributed by atoms with Crippen molar-refractivity contribution in [1.29, 1.82) is 0 Å². The SMILES string of the molecule is Cc1cc(NC(=O)c2cccc(Cl)c2)n(-c2ncnc3c2cnn3-c2cccc(C)c2C)n1. The molecule has 0 fully saturated rings. The first-order valence-corrected chi connectivity index (χ1v) is 10.7. The highest BCUT2D eigenvalue weighted by Gasteiger charge is 2.19. The number of anilines is 1. The molecule has 0 unspecified atom stereocenters. The Morgan fingerprint density at radius 3 is 2.64 bits per heavy atom. The third-order valence-corrected chi connectivity index (χ3v) is 5.74. The fraction of sp³-hybridized carbons (Fsp3) is 0.125. The summed E-state index contributed by atoms with van der Waals surface area (Å²) in [5.74, 6) is 0.707. The molecule has 1 amide bonds. The molecule has 8 nitrogen and oxygen atoms in total. The number of fused-ring (bicyclic) bond motifs is 1. The van der Waals surface area contributed by atoms with Crippen LogP contribution in [0.25, 0.3) is 22.5 Å². The Morgan fingerprint density at radius 2 is 1.82 bits per heavy atom. The van der Waals surface area contributed by atoms with Gasteiger partial charge in [0.05, 0.1) is 23.0 Å². The molecule has 5 aromatic rings. The van der Waals surface area contributed by atoms with Gasteiger partial charge < -0.3 is 5.32 Å². The fourth-order valence-corrected chi connectivity index (χ4v) is 3.90. The van der Waals surface area contributed by atoms with Gasteiger partial charge in [-0.2, -0.15) is 14.9 Å². The van der Waals surface area contributed by atoms with E-state index >= 15 is 0 Å². The highest BCUT2D eigenvalue weighted by atomic mass is 35.5. The predicted molar refractivity (Wildman–Crippen MR) is 127 cm³/mol. The molecule has 5 rings (SSSR count). The highest BCUT2D eigenvalue weighted by molar-refractivity contribution is 6.31. The topological polar surface area (TPSA) is 90.5 Å². The minimum atomic E-state index is -0.296. The van der Waals surface area contributed by atoms with Gasteiger partial charge in [-0.15, -0.1) is 0 Å². The fourth-order valence-electron chi connectivity index (χ4n) is 3.71. The molecule has 0 atom stereocenters. The summed E-state index contributed by atoms with van der Waals surface area (Å²) in [6.45, 7) is 5.97.